The number of carboxylic acid groups (broad SMARTS) is 1. The Bertz CT molecular complexity index is 2950. The number of unbranched alkanes of at least 4 members (excludes halogenated alkanes) is 2. The van der Waals surface area contributed by atoms with Crippen molar-refractivity contribution in [2.45, 2.75) is 251 Å². The van der Waals surface area contributed by atoms with Gasteiger partial charge in [-0.1, -0.05) is 78.0 Å². The predicted molar refractivity (Wildman–Crippen MR) is 358 cm³/mol. The van der Waals surface area contributed by atoms with E-state index in [1.807, 2.05) is 0 Å². The standard InChI is InChI=1S/C65H108N16O15/c1-33(2)29-48(60(90)76-46(25-17-19-27-66)58(88)72-37(7)54(84)70-36(6)56(86)74-40(10)65(95)96)79-64(94)52(41(11)82)81-62(92)50(31-43-32-69-45-24-16-15-23-44(43)45)77-57(87)39(9)71-55(85)38(8)73-63(93)51(34(3)4)80-61(91)49(30-42-21-13-12-14-22-42)78-59(89)47(26-18-20-28-67)75-53(83)35(5)68/h15-16,23-24,32-42,46-52,69,82H,12-14,17-22,25-31,66-68H2,1-11H3,(H,70,84)(H,71,85)(H,72,88)(H,73,93)(H,74,86)(H,75,83)(H,76,90)(H,77,87)(H,78,89)(H,79,94)(H,80,91)(H,81,92)(H,95,96)/t35-,36+,37+,38+,39+,40-,41-,46+,47+,48+,49+,50+,51+,52+/m1/s1. The lowest BCUT2D eigenvalue weighted by molar-refractivity contribution is -0.141. The Morgan fingerprint density at radius 3 is 1.38 bits per heavy atom. The zero-order valence-corrected chi connectivity index (χ0v) is 57.4. The van der Waals surface area contributed by atoms with Crippen LogP contribution in [0.2, 0.25) is 0 Å². The maximum Gasteiger partial charge on any atom is 0.325 e. The molecule has 0 spiro atoms. The van der Waals surface area contributed by atoms with Gasteiger partial charge in [-0.15, -0.1) is 0 Å². The Labute approximate surface area is 561 Å². The maximum absolute atomic E-state index is 14.6. The first-order chi connectivity index (χ1) is 45.2. The quantitative estimate of drug-likeness (QED) is 0.0332. The minimum atomic E-state index is -1.76. The highest BCUT2D eigenvalue weighted by Gasteiger charge is 2.38. The van der Waals surface area contributed by atoms with Gasteiger partial charge in [-0.3, -0.25) is 62.3 Å². The van der Waals surface area contributed by atoms with Gasteiger partial charge in [0.25, 0.3) is 0 Å². The van der Waals surface area contributed by atoms with Gasteiger partial charge in [0.1, 0.15) is 72.5 Å². The summed E-state index contributed by atoms with van der Waals surface area (Å²) in [6.07, 6.45) is 6.81. The molecule has 1 saturated carbocycles. The predicted octanol–water partition coefficient (Wildman–Crippen LogP) is -1.63. The van der Waals surface area contributed by atoms with E-state index in [1.165, 1.54) is 48.5 Å². The molecule has 12 amide bonds. The van der Waals surface area contributed by atoms with Gasteiger partial charge >= 0.3 is 5.97 Å². The van der Waals surface area contributed by atoms with Crippen LogP contribution in [0, 0.1) is 17.8 Å². The topological polar surface area (TPSA) is 501 Å². The monoisotopic (exact) mass is 1350 g/mol. The number of nitrogens with two attached hydrogens (primary N) is 3. The molecule has 31 heteroatoms. The molecule has 0 bridgehead atoms. The summed E-state index contributed by atoms with van der Waals surface area (Å²) in [5.41, 5.74) is 18.5. The van der Waals surface area contributed by atoms with E-state index in [0.29, 0.717) is 48.7 Å². The van der Waals surface area contributed by atoms with Crippen LogP contribution in [-0.4, -0.2) is 190 Å². The number of aliphatic carboxylic acids is 1. The number of hydrogen-bond acceptors (Lipinski definition) is 17. The molecule has 538 valence electrons. The van der Waals surface area contributed by atoms with Crippen LogP contribution >= 0.6 is 0 Å². The van der Waals surface area contributed by atoms with Crippen molar-refractivity contribution in [2.24, 2.45) is 35.0 Å². The van der Waals surface area contributed by atoms with E-state index in [0.717, 1.165) is 32.1 Å². The van der Waals surface area contributed by atoms with Gasteiger partial charge in [0.2, 0.25) is 70.9 Å². The first-order valence-electron chi connectivity index (χ1n) is 33.5. The average Bonchev–Trinajstić information content (AvgIpc) is 1.63. The normalized spacial score (nSPS) is 16.9. The van der Waals surface area contributed by atoms with E-state index in [4.69, 9.17) is 22.3 Å². The molecule has 0 saturated heterocycles. The van der Waals surface area contributed by atoms with Crippen molar-refractivity contribution in [2.75, 3.05) is 13.1 Å². The fourth-order valence-electron chi connectivity index (χ4n) is 10.8. The smallest absolute Gasteiger partial charge is 0.325 e. The van der Waals surface area contributed by atoms with Crippen LogP contribution in [0.25, 0.3) is 10.9 Å². The number of nitrogens with one attached hydrogen (secondary N) is 13. The molecular weight excluding hydrogens is 1240 g/mol. The van der Waals surface area contributed by atoms with E-state index >= 15 is 0 Å². The summed E-state index contributed by atoms with van der Waals surface area (Å²) in [5, 5.41) is 52.0. The van der Waals surface area contributed by atoms with Gasteiger partial charge in [-0.2, -0.15) is 0 Å². The Hall–Kier alpha value is -8.29. The first kappa shape index (κ1) is 81.9. The van der Waals surface area contributed by atoms with Crippen LogP contribution in [0.15, 0.2) is 30.5 Å². The molecule has 0 radical (unpaired) electrons. The Morgan fingerprint density at radius 1 is 0.469 bits per heavy atom. The van der Waals surface area contributed by atoms with Crippen molar-refractivity contribution in [3.8, 4) is 0 Å². The third-order valence-electron chi connectivity index (χ3n) is 16.6. The molecule has 1 aliphatic carbocycles. The summed E-state index contributed by atoms with van der Waals surface area (Å²) in [6.45, 7) is 16.8. The minimum absolute atomic E-state index is 0.00684. The van der Waals surface area contributed by atoms with Gasteiger partial charge in [0.15, 0.2) is 0 Å². The summed E-state index contributed by atoms with van der Waals surface area (Å²) in [5.74, 6) is -11.5. The SMILES string of the molecule is CC(C)C[C@H](NC(=O)[C@@H](NC(=O)[C@H](Cc1c[nH]c2ccccc12)NC(=O)[C@H](C)NC(=O)[C@H](C)NC(=O)[C@@H](NC(=O)[C@H](CC1CCCCC1)NC(=O)[C@H](CCCCN)NC(=O)[C@@H](C)N)C(C)C)[C@@H](C)O)C(=O)N[C@@H](CCCCN)C(=O)N[C@@H](C)C(=O)N[C@@H](C)C(=O)N[C@H](C)C(=O)O. The number of aromatic nitrogens is 1. The molecule has 3 rings (SSSR count). The molecule has 0 aliphatic heterocycles. The second kappa shape index (κ2) is 41.0. The van der Waals surface area contributed by atoms with Crippen LogP contribution in [-0.2, 0) is 68.7 Å². The van der Waals surface area contributed by atoms with E-state index in [2.05, 4.69) is 68.8 Å². The number of para-hydroxylation sites is 1. The summed E-state index contributed by atoms with van der Waals surface area (Å²) in [6, 6.07) is -9.40. The van der Waals surface area contributed by atoms with Crippen LogP contribution in [0.5, 0.6) is 0 Å². The van der Waals surface area contributed by atoms with Crippen LogP contribution in [0.3, 0.4) is 0 Å². The molecule has 14 atom stereocenters. The van der Waals surface area contributed by atoms with E-state index in [1.54, 1.807) is 58.2 Å². The highest BCUT2D eigenvalue weighted by atomic mass is 16.4. The lowest BCUT2D eigenvalue weighted by Crippen LogP contribution is -2.62. The van der Waals surface area contributed by atoms with Gasteiger partial charge in [-0.05, 0) is 142 Å². The zero-order valence-electron chi connectivity index (χ0n) is 57.4. The van der Waals surface area contributed by atoms with Crippen molar-refractivity contribution in [3.05, 3.63) is 36.0 Å². The molecule has 0 unspecified atom stereocenters. The van der Waals surface area contributed by atoms with Crippen LogP contribution < -0.4 is 81.0 Å². The number of H-pyrrole nitrogens is 1. The van der Waals surface area contributed by atoms with Crippen LogP contribution in [0.4, 0.5) is 0 Å². The second-order valence-corrected chi connectivity index (χ2v) is 26.0. The van der Waals surface area contributed by atoms with E-state index < -0.39 is 167 Å². The summed E-state index contributed by atoms with van der Waals surface area (Å²) < 4.78 is 0. The summed E-state index contributed by atoms with van der Waals surface area (Å²) >= 11 is 0. The molecule has 1 heterocycles. The number of benzene rings is 1. The van der Waals surface area contributed by atoms with Gasteiger partial charge in [0, 0.05) is 23.5 Å². The third kappa shape index (κ3) is 27.4. The third-order valence-corrected chi connectivity index (χ3v) is 16.6. The lowest BCUT2D eigenvalue weighted by atomic mass is 9.84. The van der Waals surface area contributed by atoms with Crippen molar-refractivity contribution in [1.82, 2.24) is 68.8 Å². The molecule has 1 fully saturated rings. The van der Waals surface area contributed by atoms with Crippen molar-refractivity contribution < 1.29 is 72.5 Å². The molecule has 1 aliphatic rings. The van der Waals surface area contributed by atoms with Crippen molar-refractivity contribution in [1.29, 1.82) is 0 Å². The Morgan fingerprint density at radius 2 is 0.875 bits per heavy atom. The van der Waals surface area contributed by atoms with Gasteiger partial charge in [0.05, 0.1) is 12.1 Å². The highest BCUT2D eigenvalue weighted by molar-refractivity contribution is 6.00. The number of carbonyl (C=O) groups excluding carboxylic acids is 12. The second-order valence-electron chi connectivity index (χ2n) is 26.0. The van der Waals surface area contributed by atoms with Gasteiger partial charge < -0.3 is 96.2 Å². The molecule has 31 nitrogen and oxygen atoms in total. The van der Waals surface area contributed by atoms with E-state index in [9.17, 15) is 67.4 Å². The number of hydrogen-bond donors (Lipinski definition) is 18. The molecule has 2 aromatic rings. The number of carboxylic acids is 1. The number of carbonyl (C=O) groups is 13. The van der Waals surface area contributed by atoms with Crippen LogP contribution in [0.1, 0.15) is 165 Å². The number of aromatic amines is 1. The lowest BCUT2D eigenvalue weighted by Gasteiger charge is -2.30. The minimum Gasteiger partial charge on any atom is -0.480 e. The molecule has 1 aromatic heterocycles. The number of aliphatic hydroxyl groups is 1. The number of rotatable bonds is 41. The number of amides is 12. The zero-order chi connectivity index (χ0) is 72.1. The highest BCUT2D eigenvalue weighted by Crippen LogP contribution is 2.28. The van der Waals surface area contributed by atoms with Crippen molar-refractivity contribution in [3.63, 3.8) is 0 Å². The molecular formula is C65H108N16O15. The van der Waals surface area contributed by atoms with Gasteiger partial charge in [-0.25, -0.2) is 0 Å². The first-order valence-corrected chi connectivity index (χ1v) is 33.5. The fourth-order valence-corrected chi connectivity index (χ4v) is 10.8. The van der Waals surface area contributed by atoms with E-state index in [-0.39, 0.29) is 50.5 Å². The number of aliphatic hydroxyl groups excluding tert-OH is 1. The largest absolute Gasteiger partial charge is 0.480 e. The summed E-state index contributed by atoms with van der Waals surface area (Å²) in [4.78, 5) is 180. The average molecular weight is 1350 g/mol. The Kier molecular flexibility index (Phi) is 35.0. The Balaban J connectivity index is 1.82. The van der Waals surface area contributed by atoms with Crippen molar-refractivity contribution >= 4 is 87.8 Å². The summed E-state index contributed by atoms with van der Waals surface area (Å²) in [7, 11) is 0. The fraction of sp³-hybridized carbons (Fsp3) is 0.677. The molecule has 21 N–H and O–H groups in total. The number of fused-ring (bicyclic) bond motifs is 1. The maximum atomic E-state index is 14.6. The molecule has 1 aromatic carbocycles. The molecule has 96 heavy (non-hydrogen) atoms.